The van der Waals surface area contributed by atoms with Crippen LogP contribution in [-0.4, -0.2) is 5.38 Å². The molecule has 1 unspecified atom stereocenters. The van der Waals surface area contributed by atoms with Gasteiger partial charge in [-0.1, -0.05) is 31.5 Å². The highest BCUT2D eigenvalue weighted by molar-refractivity contribution is 6.30. The van der Waals surface area contributed by atoms with Crippen LogP contribution in [0.15, 0.2) is 18.2 Å². The van der Waals surface area contributed by atoms with E-state index in [1.807, 2.05) is 19.9 Å². The summed E-state index contributed by atoms with van der Waals surface area (Å²) < 4.78 is 13.1. The van der Waals surface area contributed by atoms with Crippen LogP contribution in [0.2, 0.25) is 5.02 Å². The lowest BCUT2D eigenvalue weighted by atomic mass is 10.0. The summed E-state index contributed by atoms with van der Waals surface area (Å²) in [7, 11) is 0. The van der Waals surface area contributed by atoms with Gasteiger partial charge in [-0.2, -0.15) is 0 Å². The van der Waals surface area contributed by atoms with Crippen LogP contribution in [0.5, 0.6) is 0 Å². The van der Waals surface area contributed by atoms with E-state index in [1.165, 1.54) is 6.07 Å². The fraction of sp³-hybridized carbons (Fsp3) is 0.455. The Kier molecular flexibility index (Phi) is 4.21. The Labute approximate surface area is 94.0 Å². The average molecular weight is 235 g/mol. The molecule has 78 valence electrons. The summed E-state index contributed by atoms with van der Waals surface area (Å²) in [5, 5.41) is 0.194. The van der Waals surface area contributed by atoms with Gasteiger partial charge in [0, 0.05) is 5.38 Å². The van der Waals surface area contributed by atoms with E-state index in [1.54, 1.807) is 6.07 Å². The summed E-state index contributed by atoms with van der Waals surface area (Å²) in [5.41, 5.74) is 0.889. The minimum Gasteiger partial charge on any atom is -0.205 e. The second-order valence-corrected chi connectivity index (χ2v) is 4.68. The van der Waals surface area contributed by atoms with Crippen LogP contribution in [0.25, 0.3) is 0 Å². The first kappa shape index (κ1) is 11.8. The van der Waals surface area contributed by atoms with Crippen molar-refractivity contribution in [2.45, 2.75) is 25.6 Å². The fourth-order valence-electron chi connectivity index (χ4n) is 1.13. The van der Waals surface area contributed by atoms with Crippen LogP contribution >= 0.6 is 23.2 Å². The van der Waals surface area contributed by atoms with Crippen molar-refractivity contribution in [3.63, 3.8) is 0 Å². The highest BCUT2D eigenvalue weighted by Crippen LogP contribution is 2.20. The lowest BCUT2D eigenvalue weighted by molar-refractivity contribution is 0.590. The Morgan fingerprint density at radius 2 is 2.00 bits per heavy atom. The number of hydrogen-bond donors (Lipinski definition) is 0. The third-order valence-corrected chi connectivity index (χ3v) is 3.10. The number of alkyl halides is 1. The zero-order chi connectivity index (χ0) is 10.7. The van der Waals surface area contributed by atoms with Gasteiger partial charge in [0.2, 0.25) is 0 Å². The Morgan fingerprint density at radius 1 is 1.36 bits per heavy atom. The molecule has 0 saturated heterocycles. The van der Waals surface area contributed by atoms with Gasteiger partial charge in [0.05, 0.1) is 5.02 Å². The Balaban J connectivity index is 2.73. The Bertz CT molecular complexity index is 310. The quantitative estimate of drug-likeness (QED) is 0.685. The van der Waals surface area contributed by atoms with Crippen molar-refractivity contribution in [3.05, 3.63) is 34.6 Å². The van der Waals surface area contributed by atoms with E-state index < -0.39 is 0 Å². The lowest BCUT2D eigenvalue weighted by Gasteiger charge is -2.13. The van der Waals surface area contributed by atoms with Crippen LogP contribution in [-0.2, 0) is 6.42 Å². The first-order valence-corrected chi connectivity index (χ1v) is 5.40. The van der Waals surface area contributed by atoms with Gasteiger partial charge in [0.1, 0.15) is 5.82 Å². The maximum atomic E-state index is 13.1. The predicted octanol–water partition coefficient (Wildman–Crippen LogP) is 4.29. The topological polar surface area (TPSA) is 0 Å². The smallest absolute Gasteiger partial charge is 0.142 e. The van der Waals surface area contributed by atoms with Crippen LogP contribution < -0.4 is 0 Å². The molecule has 1 aromatic rings. The van der Waals surface area contributed by atoms with Crippen LogP contribution in [0, 0.1) is 11.7 Å². The molecule has 0 nitrogen and oxygen atoms in total. The molecule has 3 heteroatoms. The normalized spacial score (nSPS) is 13.3. The van der Waals surface area contributed by atoms with Crippen LogP contribution in [0.1, 0.15) is 19.4 Å². The van der Waals surface area contributed by atoms with Gasteiger partial charge in [-0.15, -0.1) is 11.6 Å². The molecule has 0 amide bonds. The van der Waals surface area contributed by atoms with Crippen LogP contribution in [0.3, 0.4) is 0 Å². The summed E-state index contributed by atoms with van der Waals surface area (Å²) in [5.74, 6) is 0.00666. The van der Waals surface area contributed by atoms with Crippen molar-refractivity contribution in [2.24, 2.45) is 5.92 Å². The highest BCUT2D eigenvalue weighted by Gasteiger charge is 2.11. The van der Waals surface area contributed by atoms with Crippen molar-refractivity contribution in [3.8, 4) is 0 Å². The van der Waals surface area contributed by atoms with E-state index >= 15 is 0 Å². The molecule has 0 aliphatic heterocycles. The number of rotatable bonds is 3. The Morgan fingerprint density at radius 3 is 2.50 bits per heavy atom. The van der Waals surface area contributed by atoms with Crippen molar-refractivity contribution in [1.29, 1.82) is 0 Å². The second kappa shape index (κ2) is 4.99. The molecule has 1 atom stereocenters. The van der Waals surface area contributed by atoms with E-state index in [-0.39, 0.29) is 16.2 Å². The molecule has 1 rings (SSSR count). The first-order chi connectivity index (χ1) is 6.50. The zero-order valence-electron chi connectivity index (χ0n) is 8.23. The second-order valence-electron chi connectivity index (χ2n) is 3.71. The molecule has 0 spiro atoms. The molecule has 0 N–H and O–H groups in total. The third-order valence-electron chi connectivity index (χ3n) is 2.14. The van der Waals surface area contributed by atoms with Gasteiger partial charge < -0.3 is 0 Å². The molecular weight excluding hydrogens is 222 g/mol. The van der Waals surface area contributed by atoms with E-state index in [2.05, 4.69) is 0 Å². The molecule has 0 aliphatic rings. The number of hydrogen-bond acceptors (Lipinski definition) is 0. The highest BCUT2D eigenvalue weighted by atomic mass is 35.5. The summed E-state index contributed by atoms with van der Waals surface area (Å²) in [6.45, 7) is 4.09. The molecule has 0 aliphatic carbocycles. The monoisotopic (exact) mass is 234 g/mol. The van der Waals surface area contributed by atoms with Gasteiger partial charge >= 0.3 is 0 Å². The maximum Gasteiger partial charge on any atom is 0.142 e. The van der Waals surface area contributed by atoms with E-state index in [0.29, 0.717) is 12.3 Å². The summed E-state index contributed by atoms with van der Waals surface area (Å²) >= 11 is 11.7. The number of benzene rings is 1. The summed E-state index contributed by atoms with van der Waals surface area (Å²) in [6, 6.07) is 4.82. The Hall–Kier alpha value is -0.270. The number of halogens is 3. The predicted molar refractivity (Wildman–Crippen MR) is 59.6 cm³/mol. The SMILES string of the molecule is CC(C)C(Cl)Cc1ccc(Cl)c(F)c1. The molecule has 0 fully saturated rings. The van der Waals surface area contributed by atoms with Crippen molar-refractivity contribution >= 4 is 23.2 Å². The minimum atomic E-state index is -0.378. The van der Waals surface area contributed by atoms with Crippen molar-refractivity contribution in [1.82, 2.24) is 0 Å². The zero-order valence-corrected chi connectivity index (χ0v) is 9.74. The van der Waals surface area contributed by atoms with E-state index in [4.69, 9.17) is 23.2 Å². The first-order valence-electron chi connectivity index (χ1n) is 4.58. The van der Waals surface area contributed by atoms with Gasteiger partial charge in [0.15, 0.2) is 0 Å². The van der Waals surface area contributed by atoms with Gasteiger partial charge in [-0.05, 0) is 30.0 Å². The molecule has 14 heavy (non-hydrogen) atoms. The summed E-state index contributed by atoms with van der Waals surface area (Å²) in [4.78, 5) is 0. The van der Waals surface area contributed by atoms with Gasteiger partial charge in [0.25, 0.3) is 0 Å². The van der Waals surface area contributed by atoms with Gasteiger partial charge in [-0.25, -0.2) is 4.39 Å². The average Bonchev–Trinajstić information content (AvgIpc) is 2.11. The maximum absolute atomic E-state index is 13.1. The molecule has 0 bridgehead atoms. The van der Waals surface area contributed by atoms with E-state index in [9.17, 15) is 4.39 Å². The largest absolute Gasteiger partial charge is 0.205 e. The molecule has 0 heterocycles. The standard InChI is InChI=1S/C11H13Cl2F/c1-7(2)10(13)5-8-3-4-9(12)11(14)6-8/h3-4,6-7,10H,5H2,1-2H3. The van der Waals surface area contributed by atoms with E-state index in [0.717, 1.165) is 5.56 Å². The van der Waals surface area contributed by atoms with Gasteiger partial charge in [-0.3, -0.25) is 0 Å². The third kappa shape index (κ3) is 3.14. The molecule has 0 radical (unpaired) electrons. The minimum absolute atomic E-state index is 0.0376. The van der Waals surface area contributed by atoms with Crippen molar-refractivity contribution < 1.29 is 4.39 Å². The molecule has 0 aromatic heterocycles. The van der Waals surface area contributed by atoms with Crippen LogP contribution in [0.4, 0.5) is 4.39 Å². The summed E-state index contributed by atoms with van der Waals surface area (Å²) in [6.07, 6.45) is 0.674. The van der Waals surface area contributed by atoms with Crippen molar-refractivity contribution in [2.75, 3.05) is 0 Å². The molecular formula is C11H13Cl2F. The molecule has 0 saturated carbocycles. The fourth-order valence-corrected chi connectivity index (χ4v) is 1.42. The lowest BCUT2D eigenvalue weighted by Crippen LogP contribution is -2.11. The molecule has 1 aromatic carbocycles.